The van der Waals surface area contributed by atoms with Crippen molar-refractivity contribution in [3.8, 4) is 5.75 Å². The molecule has 140 valence electrons. The third-order valence-electron chi connectivity index (χ3n) is 4.19. The van der Waals surface area contributed by atoms with E-state index in [0.29, 0.717) is 37.2 Å². The summed E-state index contributed by atoms with van der Waals surface area (Å²) < 4.78 is 32.9. The highest BCUT2D eigenvalue weighted by Gasteiger charge is 2.31. The monoisotopic (exact) mass is 396 g/mol. The highest BCUT2D eigenvalue weighted by atomic mass is 32.2. The first-order chi connectivity index (χ1) is 12.4. The Morgan fingerprint density at radius 1 is 1.42 bits per heavy atom. The third-order valence-corrected chi connectivity index (χ3v) is 7.40. The molecule has 0 atom stereocenters. The minimum atomic E-state index is -3.89. The second kappa shape index (κ2) is 7.75. The summed E-state index contributed by atoms with van der Waals surface area (Å²) in [5, 5.41) is 12.7. The molecule has 0 aliphatic carbocycles. The summed E-state index contributed by atoms with van der Waals surface area (Å²) in [6, 6.07) is 7.38. The maximum Gasteiger partial charge on any atom is 0.338 e. The lowest BCUT2D eigenvalue weighted by molar-refractivity contribution is 0.0692. The van der Waals surface area contributed by atoms with E-state index in [-0.39, 0.29) is 16.3 Å². The summed E-state index contributed by atoms with van der Waals surface area (Å²) >= 11 is 1.04. The summed E-state index contributed by atoms with van der Waals surface area (Å²) in [6.07, 6.45) is 0.998. The third kappa shape index (κ3) is 3.90. The van der Waals surface area contributed by atoms with Gasteiger partial charge in [0.05, 0.1) is 12.7 Å². The van der Waals surface area contributed by atoms with Gasteiger partial charge in [-0.3, -0.25) is 0 Å². The van der Waals surface area contributed by atoms with Crippen LogP contribution in [0.15, 0.2) is 28.5 Å². The van der Waals surface area contributed by atoms with Gasteiger partial charge in [-0.1, -0.05) is 12.1 Å². The van der Waals surface area contributed by atoms with Gasteiger partial charge in [-0.2, -0.15) is 0 Å². The minimum absolute atomic E-state index is 0.0830. The molecule has 3 rings (SSSR count). The Kier molecular flexibility index (Phi) is 5.61. The molecule has 3 N–H and O–H groups in total. The Morgan fingerprint density at radius 3 is 2.96 bits per heavy atom. The van der Waals surface area contributed by atoms with E-state index < -0.39 is 16.0 Å². The van der Waals surface area contributed by atoms with Crippen molar-refractivity contribution in [3.05, 3.63) is 45.8 Å². The number of fused-ring (bicyclic) bond motifs is 1. The van der Waals surface area contributed by atoms with Gasteiger partial charge in [0.25, 0.3) is 10.0 Å². The smallest absolute Gasteiger partial charge is 0.338 e. The van der Waals surface area contributed by atoms with E-state index in [4.69, 9.17) is 4.74 Å². The summed E-state index contributed by atoms with van der Waals surface area (Å²) in [7, 11) is -2.32. The van der Waals surface area contributed by atoms with Gasteiger partial charge in [-0.05, 0) is 42.6 Å². The molecule has 0 amide bonds. The molecule has 1 aliphatic heterocycles. The van der Waals surface area contributed by atoms with Gasteiger partial charge in [-0.25, -0.2) is 17.9 Å². The molecule has 2 aromatic rings. The first kappa shape index (κ1) is 18.8. The van der Waals surface area contributed by atoms with Gasteiger partial charge in [0, 0.05) is 18.0 Å². The molecule has 0 bridgehead atoms. The number of nitrogens with one attached hydrogen (secondary N) is 2. The van der Waals surface area contributed by atoms with E-state index in [1.165, 1.54) is 0 Å². The Hall–Kier alpha value is -1.94. The number of rotatable bonds is 7. The number of methoxy groups -OCH3 is 1. The first-order valence-corrected chi connectivity index (χ1v) is 10.4. The molecule has 1 aromatic heterocycles. The fourth-order valence-corrected chi connectivity index (χ4v) is 5.87. The van der Waals surface area contributed by atoms with Crippen molar-refractivity contribution in [2.75, 3.05) is 20.2 Å². The highest BCUT2D eigenvalue weighted by Crippen LogP contribution is 2.34. The van der Waals surface area contributed by atoms with Crippen LogP contribution in [0.5, 0.6) is 5.75 Å². The lowest BCUT2D eigenvalue weighted by Crippen LogP contribution is -2.27. The Morgan fingerprint density at radius 2 is 2.23 bits per heavy atom. The number of hydrogen-bond donors (Lipinski definition) is 3. The van der Waals surface area contributed by atoms with Crippen LogP contribution in [0.1, 0.15) is 26.4 Å². The van der Waals surface area contributed by atoms with Crippen molar-refractivity contribution < 1.29 is 23.1 Å². The maximum atomic E-state index is 12.7. The molecule has 0 saturated heterocycles. The standard InChI is InChI=1S/C17H20N2O5S2/c1-24-12-4-2-3-11(9-12)5-8-19-26(22,23)17-15(16(20)21)13-6-7-18-10-14(13)25-17/h2-4,9,18-19H,5-8,10H2,1H3,(H,20,21). The normalized spacial score (nSPS) is 14.0. The Labute approximate surface area is 156 Å². The number of carboxylic acid groups (broad SMARTS) is 1. The second-order valence-electron chi connectivity index (χ2n) is 5.90. The molecule has 26 heavy (non-hydrogen) atoms. The van der Waals surface area contributed by atoms with Crippen LogP contribution in [0.4, 0.5) is 0 Å². The fourth-order valence-electron chi connectivity index (χ4n) is 2.94. The van der Waals surface area contributed by atoms with E-state index in [2.05, 4.69) is 10.0 Å². The van der Waals surface area contributed by atoms with Crippen molar-refractivity contribution in [1.29, 1.82) is 0 Å². The zero-order valence-electron chi connectivity index (χ0n) is 14.2. The van der Waals surface area contributed by atoms with Crippen molar-refractivity contribution in [3.63, 3.8) is 0 Å². The molecule has 1 aromatic carbocycles. The quantitative estimate of drug-likeness (QED) is 0.657. The molecular formula is C17H20N2O5S2. The number of carboxylic acids is 1. The maximum absolute atomic E-state index is 12.7. The number of sulfonamides is 1. The summed E-state index contributed by atoms with van der Waals surface area (Å²) in [5.41, 5.74) is 1.48. The van der Waals surface area contributed by atoms with Crippen LogP contribution in [-0.4, -0.2) is 39.7 Å². The van der Waals surface area contributed by atoms with Crippen molar-refractivity contribution in [2.45, 2.75) is 23.6 Å². The van der Waals surface area contributed by atoms with Gasteiger partial charge in [0.1, 0.15) is 9.96 Å². The SMILES string of the molecule is COc1cccc(CCNS(=O)(=O)c2sc3c(c2C(=O)O)CCNC3)c1. The second-order valence-corrected chi connectivity index (χ2v) is 8.96. The number of ether oxygens (including phenoxy) is 1. The largest absolute Gasteiger partial charge is 0.497 e. The van der Waals surface area contributed by atoms with Crippen molar-refractivity contribution >= 4 is 27.3 Å². The summed E-state index contributed by atoms with van der Waals surface area (Å²) in [6.45, 7) is 1.32. The van der Waals surface area contributed by atoms with Crippen molar-refractivity contribution in [2.24, 2.45) is 0 Å². The zero-order valence-corrected chi connectivity index (χ0v) is 15.9. The van der Waals surface area contributed by atoms with Crippen LogP contribution >= 0.6 is 11.3 Å². The summed E-state index contributed by atoms with van der Waals surface area (Å²) in [4.78, 5) is 12.4. The lowest BCUT2D eigenvalue weighted by Gasteiger charge is -2.12. The van der Waals surface area contributed by atoms with Crippen LogP contribution in [0.3, 0.4) is 0 Å². The van der Waals surface area contributed by atoms with Gasteiger partial charge in [-0.15, -0.1) is 11.3 Å². The molecular weight excluding hydrogens is 376 g/mol. The molecule has 0 saturated carbocycles. The Bertz CT molecular complexity index is 921. The van der Waals surface area contributed by atoms with Crippen LogP contribution in [0.25, 0.3) is 0 Å². The van der Waals surface area contributed by atoms with E-state index in [9.17, 15) is 18.3 Å². The molecule has 1 aliphatic rings. The van der Waals surface area contributed by atoms with E-state index >= 15 is 0 Å². The van der Waals surface area contributed by atoms with Gasteiger partial charge >= 0.3 is 5.97 Å². The molecule has 0 fully saturated rings. The topological polar surface area (TPSA) is 105 Å². The first-order valence-electron chi connectivity index (χ1n) is 8.13. The number of benzene rings is 1. The Balaban J connectivity index is 1.78. The predicted molar refractivity (Wildman–Crippen MR) is 98.6 cm³/mol. The number of hydrogen-bond acceptors (Lipinski definition) is 6. The molecule has 0 unspecified atom stereocenters. The van der Waals surface area contributed by atoms with Crippen LogP contribution in [0.2, 0.25) is 0 Å². The molecule has 9 heteroatoms. The fraction of sp³-hybridized carbons (Fsp3) is 0.353. The van der Waals surface area contributed by atoms with Crippen LogP contribution < -0.4 is 14.8 Å². The molecule has 0 radical (unpaired) electrons. The van der Waals surface area contributed by atoms with E-state index in [0.717, 1.165) is 21.8 Å². The van der Waals surface area contributed by atoms with Crippen LogP contribution in [0, 0.1) is 0 Å². The van der Waals surface area contributed by atoms with E-state index in [1.807, 2.05) is 24.3 Å². The average Bonchev–Trinajstić information content (AvgIpc) is 3.02. The minimum Gasteiger partial charge on any atom is -0.497 e. The van der Waals surface area contributed by atoms with Crippen molar-refractivity contribution in [1.82, 2.24) is 10.0 Å². The number of aromatic carboxylic acids is 1. The lowest BCUT2D eigenvalue weighted by atomic mass is 10.1. The number of thiophene rings is 1. The van der Waals surface area contributed by atoms with Crippen LogP contribution in [-0.2, 0) is 29.4 Å². The predicted octanol–water partition coefficient (Wildman–Crippen LogP) is 1.62. The molecule has 0 spiro atoms. The molecule has 2 heterocycles. The number of carbonyl (C=O) groups is 1. The zero-order chi connectivity index (χ0) is 18.7. The highest BCUT2D eigenvalue weighted by molar-refractivity contribution is 7.91. The van der Waals surface area contributed by atoms with Gasteiger partial charge in [0.15, 0.2) is 0 Å². The average molecular weight is 396 g/mol. The molecule has 7 nitrogen and oxygen atoms in total. The van der Waals surface area contributed by atoms with Gasteiger partial charge in [0.2, 0.25) is 0 Å². The van der Waals surface area contributed by atoms with Gasteiger partial charge < -0.3 is 15.2 Å². The van der Waals surface area contributed by atoms with E-state index in [1.54, 1.807) is 7.11 Å². The summed E-state index contributed by atoms with van der Waals surface area (Å²) in [5.74, 6) is -0.491.